The van der Waals surface area contributed by atoms with Crippen molar-refractivity contribution >= 4 is 11.9 Å². The highest BCUT2D eigenvalue weighted by Gasteiger charge is 2.28. The summed E-state index contributed by atoms with van der Waals surface area (Å²) in [7, 11) is 0. The van der Waals surface area contributed by atoms with Crippen LogP contribution < -0.4 is 0 Å². The molecule has 6 heteroatoms. The molecule has 1 N–H and O–H groups in total. The van der Waals surface area contributed by atoms with E-state index in [1.807, 2.05) is 6.07 Å². The molecule has 0 spiro atoms. The van der Waals surface area contributed by atoms with Crippen LogP contribution in [0.4, 0.5) is 0 Å². The largest absolute Gasteiger partial charge is 0.481 e. The van der Waals surface area contributed by atoms with E-state index in [1.165, 1.54) is 12.8 Å². The lowest BCUT2D eigenvalue weighted by Gasteiger charge is -2.30. The first kappa shape index (κ1) is 16.3. The number of hydrogen-bond donors (Lipinski definition) is 1. The van der Waals surface area contributed by atoms with Crippen LogP contribution in [0.15, 0.2) is 11.8 Å². The maximum Gasteiger partial charge on any atom is 0.306 e. The molecule has 2 heterocycles. The van der Waals surface area contributed by atoms with E-state index >= 15 is 0 Å². The first-order valence-electron chi connectivity index (χ1n) is 8.00. The fourth-order valence-corrected chi connectivity index (χ4v) is 3.04. The van der Waals surface area contributed by atoms with E-state index in [0.717, 1.165) is 25.9 Å². The third-order valence-corrected chi connectivity index (χ3v) is 4.43. The number of aliphatic carboxylic acids is 1. The van der Waals surface area contributed by atoms with Gasteiger partial charge in [-0.3, -0.25) is 9.59 Å². The van der Waals surface area contributed by atoms with Gasteiger partial charge in [-0.05, 0) is 25.7 Å². The number of nitriles is 1. The summed E-state index contributed by atoms with van der Waals surface area (Å²) in [6.07, 6.45) is 7.19. The van der Waals surface area contributed by atoms with Gasteiger partial charge in [0.05, 0.1) is 5.92 Å². The molecular weight excluding hydrogens is 282 g/mol. The summed E-state index contributed by atoms with van der Waals surface area (Å²) in [6.45, 7) is 2.60. The summed E-state index contributed by atoms with van der Waals surface area (Å²) in [6, 6.07) is 2.01. The van der Waals surface area contributed by atoms with Gasteiger partial charge in [0.25, 0.3) is 5.91 Å². The fraction of sp³-hybridized carbons (Fsp3) is 0.688. The molecule has 0 atom stereocenters. The summed E-state index contributed by atoms with van der Waals surface area (Å²) < 4.78 is 0. The quantitative estimate of drug-likeness (QED) is 0.632. The zero-order chi connectivity index (χ0) is 15.9. The molecular formula is C16H23N3O3. The predicted molar refractivity (Wildman–Crippen MR) is 80.7 cm³/mol. The summed E-state index contributed by atoms with van der Waals surface area (Å²) >= 11 is 0. The number of amides is 1. The Morgan fingerprint density at radius 1 is 1.05 bits per heavy atom. The molecule has 0 aromatic heterocycles. The topological polar surface area (TPSA) is 84.6 Å². The van der Waals surface area contributed by atoms with E-state index in [-0.39, 0.29) is 17.4 Å². The van der Waals surface area contributed by atoms with Crippen LogP contribution in [0.1, 0.15) is 38.5 Å². The van der Waals surface area contributed by atoms with E-state index in [9.17, 15) is 14.9 Å². The molecule has 6 nitrogen and oxygen atoms in total. The maximum absolute atomic E-state index is 12.4. The molecule has 0 bridgehead atoms. The zero-order valence-corrected chi connectivity index (χ0v) is 12.8. The highest BCUT2D eigenvalue weighted by molar-refractivity contribution is 5.97. The highest BCUT2D eigenvalue weighted by atomic mass is 16.4. The first-order chi connectivity index (χ1) is 10.6. The van der Waals surface area contributed by atoms with Gasteiger partial charge in [0.2, 0.25) is 0 Å². The number of carbonyl (C=O) groups excluding carboxylic acids is 1. The normalized spacial score (nSPS) is 21.1. The summed E-state index contributed by atoms with van der Waals surface area (Å²) in [5.41, 5.74) is 0.163. The minimum Gasteiger partial charge on any atom is -0.481 e. The minimum absolute atomic E-state index is 0.163. The molecule has 22 heavy (non-hydrogen) atoms. The number of carboxylic acid groups (broad SMARTS) is 1. The van der Waals surface area contributed by atoms with Crippen LogP contribution in [0, 0.1) is 17.2 Å². The molecule has 0 saturated carbocycles. The zero-order valence-electron chi connectivity index (χ0n) is 12.8. The van der Waals surface area contributed by atoms with Gasteiger partial charge in [-0.2, -0.15) is 5.26 Å². The van der Waals surface area contributed by atoms with Crippen LogP contribution in [-0.2, 0) is 9.59 Å². The van der Waals surface area contributed by atoms with Crippen molar-refractivity contribution in [1.82, 2.24) is 9.80 Å². The molecule has 2 aliphatic heterocycles. The molecule has 0 aromatic carbocycles. The second-order valence-corrected chi connectivity index (χ2v) is 6.01. The minimum atomic E-state index is -0.798. The molecule has 0 aliphatic carbocycles. The van der Waals surface area contributed by atoms with Crippen molar-refractivity contribution in [2.75, 3.05) is 26.2 Å². The standard InChI is InChI=1S/C16H23N3O3/c17-11-14(12-18-7-3-1-2-4-8-18)15(20)19-9-5-13(6-10-19)16(21)22/h12-13H,1-10H2,(H,21,22)/b14-12-. The maximum atomic E-state index is 12.4. The fourth-order valence-electron chi connectivity index (χ4n) is 3.04. The average molecular weight is 305 g/mol. The van der Waals surface area contributed by atoms with E-state index in [1.54, 1.807) is 11.1 Å². The molecule has 0 unspecified atom stereocenters. The lowest BCUT2D eigenvalue weighted by atomic mass is 9.97. The van der Waals surface area contributed by atoms with E-state index in [2.05, 4.69) is 4.90 Å². The molecule has 1 amide bonds. The van der Waals surface area contributed by atoms with Crippen LogP contribution >= 0.6 is 0 Å². The van der Waals surface area contributed by atoms with Crippen molar-refractivity contribution in [3.63, 3.8) is 0 Å². The van der Waals surface area contributed by atoms with Gasteiger partial charge in [0.15, 0.2) is 0 Å². The monoisotopic (exact) mass is 305 g/mol. The number of carboxylic acids is 1. The Balaban J connectivity index is 1.97. The van der Waals surface area contributed by atoms with Gasteiger partial charge in [-0.15, -0.1) is 0 Å². The van der Waals surface area contributed by atoms with Gasteiger partial charge in [-0.1, -0.05) is 12.8 Å². The van der Waals surface area contributed by atoms with Crippen molar-refractivity contribution in [3.8, 4) is 6.07 Å². The smallest absolute Gasteiger partial charge is 0.306 e. The summed E-state index contributed by atoms with van der Waals surface area (Å²) in [5.74, 6) is -1.44. The van der Waals surface area contributed by atoms with Crippen molar-refractivity contribution in [2.45, 2.75) is 38.5 Å². The van der Waals surface area contributed by atoms with Gasteiger partial charge in [-0.25, -0.2) is 0 Å². The Labute approximate surface area is 131 Å². The van der Waals surface area contributed by atoms with Crippen molar-refractivity contribution in [1.29, 1.82) is 5.26 Å². The number of likely N-dealkylation sites (tertiary alicyclic amines) is 2. The van der Waals surface area contributed by atoms with Gasteiger partial charge >= 0.3 is 5.97 Å². The Hall–Kier alpha value is -2.03. The second-order valence-electron chi connectivity index (χ2n) is 6.01. The molecule has 0 aromatic rings. The number of piperidine rings is 1. The van der Waals surface area contributed by atoms with E-state index in [0.29, 0.717) is 25.9 Å². The second kappa shape index (κ2) is 7.83. The third-order valence-electron chi connectivity index (χ3n) is 4.43. The van der Waals surface area contributed by atoms with Crippen LogP contribution in [0.3, 0.4) is 0 Å². The number of nitrogens with zero attached hydrogens (tertiary/aromatic N) is 3. The average Bonchev–Trinajstić information content (AvgIpc) is 2.80. The third kappa shape index (κ3) is 4.23. The Kier molecular flexibility index (Phi) is 5.82. The van der Waals surface area contributed by atoms with Gasteiger partial charge < -0.3 is 14.9 Å². The molecule has 2 saturated heterocycles. The Morgan fingerprint density at radius 3 is 2.14 bits per heavy atom. The highest BCUT2D eigenvalue weighted by Crippen LogP contribution is 2.19. The molecule has 120 valence electrons. The number of carbonyl (C=O) groups is 2. The molecule has 2 rings (SSSR count). The summed E-state index contributed by atoms with van der Waals surface area (Å²) in [5, 5.41) is 18.3. The van der Waals surface area contributed by atoms with Crippen LogP contribution in [0.5, 0.6) is 0 Å². The van der Waals surface area contributed by atoms with Crippen LogP contribution in [0.2, 0.25) is 0 Å². The Bertz CT molecular complexity index is 479. The lowest BCUT2D eigenvalue weighted by Crippen LogP contribution is -2.41. The van der Waals surface area contributed by atoms with E-state index in [4.69, 9.17) is 5.11 Å². The van der Waals surface area contributed by atoms with Gasteiger partial charge in [0, 0.05) is 32.4 Å². The predicted octanol–water partition coefficient (Wildman–Crippen LogP) is 1.59. The number of rotatable bonds is 3. The van der Waals surface area contributed by atoms with Crippen LogP contribution in [0.25, 0.3) is 0 Å². The van der Waals surface area contributed by atoms with Crippen LogP contribution in [-0.4, -0.2) is 53.0 Å². The van der Waals surface area contributed by atoms with Gasteiger partial charge in [0.1, 0.15) is 11.6 Å². The lowest BCUT2D eigenvalue weighted by molar-refractivity contribution is -0.145. The Morgan fingerprint density at radius 2 is 1.64 bits per heavy atom. The summed E-state index contributed by atoms with van der Waals surface area (Å²) in [4.78, 5) is 27.0. The SMILES string of the molecule is N#C/C(=C/N1CCCCCC1)C(=O)N1CCC(C(=O)O)CC1. The van der Waals surface area contributed by atoms with Crippen molar-refractivity contribution in [2.24, 2.45) is 5.92 Å². The molecule has 2 aliphatic rings. The molecule has 0 radical (unpaired) electrons. The van der Waals surface area contributed by atoms with Crippen molar-refractivity contribution < 1.29 is 14.7 Å². The number of hydrogen-bond acceptors (Lipinski definition) is 4. The first-order valence-corrected chi connectivity index (χ1v) is 8.00. The van der Waals surface area contributed by atoms with E-state index < -0.39 is 5.97 Å². The molecule has 2 fully saturated rings. The van der Waals surface area contributed by atoms with Crippen molar-refractivity contribution in [3.05, 3.63) is 11.8 Å².